The van der Waals surface area contributed by atoms with Gasteiger partial charge in [-0.05, 0) is 42.5 Å². The van der Waals surface area contributed by atoms with Gasteiger partial charge in [-0.2, -0.15) is 0 Å². The first-order valence-corrected chi connectivity index (χ1v) is 7.37. The van der Waals surface area contributed by atoms with E-state index >= 15 is 0 Å². The first kappa shape index (κ1) is 12.9. The van der Waals surface area contributed by atoms with E-state index in [0.29, 0.717) is 5.92 Å². The van der Waals surface area contributed by atoms with Crippen LogP contribution in [0.1, 0.15) is 23.8 Å². The first-order chi connectivity index (χ1) is 7.68. The molecule has 0 saturated carbocycles. The second kappa shape index (κ2) is 5.85. The Morgan fingerprint density at radius 3 is 2.62 bits per heavy atom. The molecule has 1 aliphatic rings. The van der Waals surface area contributed by atoms with Crippen LogP contribution in [0.2, 0.25) is 0 Å². The summed E-state index contributed by atoms with van der Waals surface area (Å²) in [6.07, 6.45) is 2.10. The van der Waals surface area contributed by atoms with Crippen molar-refractivity contribution in [2.45, 2.75) is 18.2 Å². The van der Waals surface area contributed by atoms with Gasteiger partial charge in [0.1, 0.15) is 0 Å². The minimum Gasteiger partial charge on any atom is -0.381 e. The quantitative estimate of drug-likeness (QED) is 0.674. The van der Waals surface area contributed by atoms with Gasteiger partial charge < -0.3 is 4.74 Å². The van der Waals surface area contributed by atoms with Crippen LogP contribution in [0.4, 0.5) is 0 Å². The van der Waals surface area contributed by atoms with Gasteiger partial charge in [0.2, 0.25) is 0 Å². The smallest absolute Gasteiger partial charge is 0.0626 e. The molecule has 0 aromatic heterocycles. The third-order valence-corrected chi connectivity index (χ3v) is 4.74. The van der Waals surface area contributed by atoms with E-state index in [1.807, 2.05) is 12.1 Å². The van der Waals surface area contributed by atoms with E-state index in [4.69, 9.17) is 16.3 Å². The number of benzene rings is 1. The molecule has 0 spiro atoms. The van der Waals surface area contributed by atoms with Crippen LogP contribution >= 0.6 is 43.5 Å². The lowest BCUT2D eigenvalue weighted by molar-refractivity contribution is 0.0650. The lowest BCUT2D eigenvalue weighted by atomic mass is 9.92. The van der Waals surface area contributed by atoms with Crippen molar-refractivity contribution in [1.29, 1.82) is 0 Å². The molecule has 0 radical (unpaired) electrons. The van der Waals surface area contributed by atoms with E-state index in [-0.39, 0.29) is 5.38 Å². The standard InChI is InChI=1S/C12H13Br2ClO/c13-9-1-2-11(14)10(7-9)12(15)8-3-5-16-6-4-8/h1-2,7-8,12H,3-6H2. The maximum absolute atomic E-state index is 6.56. The summed E-state index contributed by atoms with van der Waals surface area (Å²) in [6, 6.07) is 6.15. The van der Waals surface area contributed by atoms with Crippen molar-refractivity contribution < 1.29 is 4.74 Å². The highest BCUT2D eigenvalue weighted by Crippen LogP contribution is 2.39. The summed E-state index contributed by atoms with van der Waals surface area (Å²) in [6.45, 7) is 1.67. The van der Waals surface area contributed by atoms with Crippen LogP contribution in [0.5, 0.6) is 0 Å². The predicted octanol–water partition coefficient (Wildman–Crippen LogP) is 4.92. The third kappa shape index (κ3) is 3.00. The molecule has 1 fully saturated rings. The second-order valence-corrected chi connectivity index (χ2v) is 6.26. The first-order valence-electron chi connectivity index (χ1n) is 5.35. The van der Waals surface area contributed by atoms with Crippen LogP contribution in [0.25, 0.3) is 0 Å². The van der Waals surface area contributed by atoms with Crippen LogP contribution in [-0.4, -0.2) is 13.2 Å². The molecule has 88 valence electrons. The summed E-state index contributed by atoms with van der Waals surface area (Å²) < 4.78 is 7.52. The molecule has 0 N–H and O–H groups in total. The summed E-state index contributed by atoms with van der Waals surface area (Å²) in [4.78, 5) is 0. The summed E-state index contributed by atoms with van der Waals surface area (Å²) >= 11 is 13.6. The van der Waals surface area contributed by atoms with Crippen LogP contribution in [0, 0.1) is 5.92 Å². The number of alkyl halides is 1. The molecular formula is C12H13Br2ClO. The molecule has 0 amide bonds. The monoisotopic (exact) mass is 366 g/mol. The predicted molar refractivity (Wildman–Crippen MR) is 74.0 cm³/mol. The number of ether oxygens (including phenoxy) is 1. The Kier molecular flexibility index (Phi) is 4.71. The second-order valence-electron chi connectivity index (χ2n) is 4.02. The topological polar surface area (TPSA) is 9.23 Å². The normalized spacial score (nSPS) is 19.7. The highest BCUT2D eigenvalue weighted by Gasteiger charge is 2.25. The molecule has 1 nitrogen and oxygen atoms in total. The number of hydrogen-bond donors (Lipinski definition) is 0. The van der Waals surface area contributed by atoms with Crippen LogP contribution < -0.4 is 0 Å². The van der Waals surface area contributed by atoms with Gasteiger partial charge in [-0.3, -0.25) is 0 Å². The maximum Gasteiger partial charge on any atom is 0.0626 e. The van der Waals surface area contributed by atoms with Gasteiger partial charge >= 0.3 is 0 Å². The van der Waals surface area contributed by atoms with Crippen molar-refractivity contribution in [3.8, 4) is 0 Å². The van der Waals surface area contributed by atoms with Gasteiger partial charge in [0.25, 0.3) is 0 Å². The molecule has 4 heteroatoms. The summed E-state index contributed by atoms with van der Waals surface area (Å²) in [5, 5.41) is 0.0655. The highest BCUT2D eigenvalue weighted by molar-refractivity contribution is 9.11. The van der Waals surface area contributed by atoms with Gasteiger partial charge in [0.15, 0.2) is 0 Å². The van der Waals surface area contributed by atoms with Crippen LogP contribution in [0.3, 0.4) is 0 Å². The molecule has 1 aromatic carbocycles. The van der Waals surface area contributed by atoms with E-state index in [9.17, 15) is 0 Å². The fourth-order valence-corrected chi connectivity index (χ4v) is 3.42. The largest absolute Gasteiger partial charge is 0.381 e. The van der Waals surface area contributed by atoms with Crippen molar-refractivity contribution in [2.24, 2.45) is 5.92 Å². The SMILES string of the molecule is ClC(c1cc(Br)ccc1Br)C1CCOCC1. The summed E-state index contributed by atoms with van der Waals surface area (Å²) in [5.74, 6) is 0.515. The zero-order valence-corrected chi connectivity index (χ0v) is 12.7. The van der Waals surface area contributed by atoms with Gasteiger partial charge in [-0.25, -0.2) is 0 Å². The number of rotatable bonds is 2. The Morgan fingerprint density at radius 2 is 1.94 bits per heavy atom. The maximum atomic E-state index is 6.56. The molecule has 1 atom stereocenters. The zero-order chi connectivity index (χ0) is 11.5. The van der Waals surface area contributed by atoms with Crippen molar-refractivity contribution in [3.63, 3.8) is 0 Å². The van der Waals surface area contributed by atoms with Crippen molar-refractivity contribution >= 4 is 43.5 Å². The number of hydrogen-bond acceptors (Lipinski definition) is 1. The van der Waals surface area contributed by atoms with Crippen molar-refractivity contribution in [1.82, 2.24) is 0 Å². The molecule has 1 unspecified atom stereocenters. The van der Waals surface area contributed by atoms with E-state index in [1.165, 1.54) is 5.56 Å². The average Bonchev–Trinajstić information content (AvgIpc) is 2.32. The third-order valence-electron chi connectivity index (χ3n) is 2.93. The minimum absolute atomic E-state index is 0.0655. The highest BCUT2D eigenvalue weighted by atomic mass is 79.9. The molecule has 0 aliphatic carbocycles. The molecule has 2 rings (SSSR count). The van der Waals surface area contributed by atoms with Crippen LogP contribution in [-0.2, 0) is 4.74 Å². The zero-order valence-electron chi connectivity index (χ0n) is 8.76. The summed E-state index contributed by atoms with van der Waals surface area (Å²) in [5.41, 5.74) is 1.17. The van der Waals surface area contributed by atoms with Gasteiger partial charge in [0.05, 0.1) is 5.38 Å². The molecule has 16 heavy (non-hydrogen) atoms. The lowest BCUT2D eigenvalue weighted by Gasteiger charge is -2.27. The lowest BCUT2D eigenvalue weighted by Crippen LogP contribution is -2.19. The van der Waals surface area contributed by atoms with E-state index in [1.54, 1.807) is 0 Å². The van der Waals surface area contributed by atoms with Crippen molar-refractivity contribution in [3.05, 3.63) is 32.7 Å². The summed E-state index contributed by atoms with van der Waals surface area (Å²) in [7, 11) is 0. The Balaban J connectivity index is 2.18. The molecule has 0 bridgehead atoms. The molecule has 1 heterocycles. The Morgan fingerprint density at radius 1 is 1.25 bits per heavy atom. The van der Waals surface area contributed by atoms with Crippen LogP contribution in [0.15, 0.2) is 27.1 Å². The Labute approximate surface area is 118 Å². The van der Waals surface area contributed by atoms with E-state index < -0.39 is 0 Å². The van der Waals surface area contributed by atoms with E-state index in [0.717, 1.165) is 35.0 Å². The fraction of sp³-hybridized carbons (Fsp3) is 0.500. The van der Waals surface area contributed by atoms with Gasteiger partial charge in [0, 0.05) is 22.2 Å². The van der Waals surface area contributed by atoms with Gasteiger partial charge in [-0.1, -0.05) is 31.9 Å². The minimum atomic E-state index is 0.0655. The molecule has 1 saturated heterocycles. The van der Waals surface area contributed by atoms with Crippen molar-refractivity contribution in [2.75, 3.05) is 13.2 Å². The Bertz CT molecular complexity index is 364. The average molecular weight is 368 g/mol. The fourth-order valence-electron chi connectivity index (χ4n) is 1.99. The molecule has 1 aromatic rings. The molecular weight excluding hydrogens is 355 g/mol. The molecule has 1 aliphatic heterocycles. The number of halogens is 3. The Hall–Kier alpha value is 0.430. The van der Waals surface area contributed by atoms with E-state index in [2.05, 4.69) is 37.9 Å². The van der Waals surface area contributed by atoms with Gasteiger partial charge in [-0.15, -0.1) is 11.6 Å².